The van der Waals surface area contributed by atoms with Crippen LogP contribution in [-0.4, -0.2) is 57.3 Å². The Morgan fingerprint density at radius 2 is 1.92 bits per heavy atom. The van der Waals surface area contributed by atoms with Crippen molar-refractivity contribution < 1.29 is 9.47 Å². The van der Waals surface area contributed by atoms with Gasteiger partial charge in [-0.3, -0.25) is 4.99 Å². The summed E-state index contributed by atoms with van der Waals surface area (Å²) in [6.07, 6.45) is 1.17. The van der Waals surface area contributed by atoms with Gasteiger partial charge in [0.05, 0.1) is 20.3 Å². The number of nitrogens with zero attached hydrogens (tertiary/aromatic N) is 2. The second kappa shape index (κ2) is 12.4. The van der Waals surface area contributed by atoms with Gasteiger partial charge in [0, 0.05) is 24.8 Å². The number of benzene rings is 1. The number of likely N-dealkylation sites (N-methyl/N-ethyl adjacent to an activating group) is 1. The molecule has 1 rings (SSSR count). The van der Waals surface area contributed by atoms with Gasteiger partial charge in [-0.05, 0) is 45.5 Å². The minimum Gasteiger partial charge on any atom is -0.493 e. The Morgan fingerprint density at radius 1 is 1.12 bits per heavy atom. The van der Waals surface area contributed by atoms with Crippen LogP contribution in [0.5, 0.6) is 11.5 Å². The Kier molecular flexibility index (Phi) is 10.5. The minimum absolute atomic E-state index is 0.595. The van der Waals surface area contributed by atoms with Crippen LogP contribution in [-0.2, 0) is 0 Å². The molecule has 0 atom stereocenters. The molecule has 0 fully saturated rings. The van der Waals surface area contributed by atoms with Crippen molar-refractivity contribution in [3.8, 4) is 11.5 Å². The number of ether oxygens (including phenoxy) is 2. The molecule has 0 aromatic heterocycles. The maximum atomic E-state index is 5.63. The molecule has 25 heavy (non-hydrogen) atoms. The fourth-order valence-electron chi connectivity index (χ4n) is 2.51. The third-order valence-corrected chi connectivity index (χ3v) is 3.74. The standard InChI is InChI=1S/C19H34N4O2/c1-6-13-23(8-3)14-12-21-19(20-7-2)22-16-10-11-17(24-5)18(15-16)25-9-4/h10-11,15H,6-9,12-14H2,1-5H3,(H2,20,21,22). The first-order chi connectivity index (χ1) is 12.2. The molecule has 142 valence electrons. The molecular formula is C19H34N4O2. The normalized spacial score (nSPS) is 11.5. The van der Waals surface area contributed by atoms with Crippen LogP contribution in [0.25, 0.3) is 0 Å². The van der Waals surface area contributed by atoms with Crippen molar-refractivity contribution >= 4 is 11.6 Å². The van der Waals surface area contributed by atoms with E-state index < -0.39 is 0 Å². The number of anilines is 1. The van der Waals surface area contributed by atoms with Crippen molar-refractivity contribution in [3.63, 3.8) is 0 Å². The molecule has 0 aliphatic rings. The smallest absolute Gasteiger partial charge is 0.195 e. The van der Waals surface area contributed by atoms with Crippen LogP contribution in [0.2, 0.25) is 0 Å². The Morgan fingerprint density at radius 3 is 2.52 bits per heavy atom. The summed E-state index contributed by atoms with van der Waals surface area (Å²) < 4.78 is 11.0. The van der Waals surface area contributed by atoms with E-state index in [0.29, 0.717) is 6.61 Å². The highest BCUT2D eigenvalue weighted by atomic mass is 16.5. The molecular weight excluding hydrogens is 316 g/mol. The van der Waals surface area contributed by atoms with Gasteiger partial charge in [-0.15, -0.1) is 0 Å². The van der Waals surface area contributed by atoms with E-state index in [1.165, 1.54) is 6.42 Å². The highest BCUT2D eigenvalue weighted by Gasteiger charge is 2.07. The fourth-order valence-corrected chi connectivity index (χ4v) is 2.51. The molecule has 0 saturated carbocycles. The largest absolute Gasteiger partial charge is 0.493 e. The summed E-state index contributed by atoms with van der Waals surface area (Å²) in [4.78, 5) is 7.09. The summed E-state index contributed by atoms with van der Waals surface area (Å²) in [6, 6.07) is 5.80. The molecule has 6 heteroatoms. The van der Waals surface area contributed by atoms with Crippen molar-refractivity contribution in [2.24, 2.45) is 4.99 Å². The zero-order valence-corrected chi connectivity index (χ0v) is 16.4. The lowest BCUT2D eigenvalue weighted by atomic mass is 10.2. The lowest BCUT2D eigenvalue weighted by molar-refractivity contribution is 0.297. The van der Waals surface area contributed by atoms with Crippen LogP contribution < -0.4 is 20.1 Å². The van der Waals surface area contributed by atoms with Crippen molar-refractivity contribution in [3.05, 3.63) is 18.2 Å². The Hall–Kier alpha value is -1.95. The number of hydrogen-bond donors (Lipinski definition) is 2. The quantitative estimate of drug-likeness (QED) is 0.474. The first kappa shape index (κ1) is 21.1. The third kappa shape index (κ3) is 7.65. The lowest BCUT2D eigenvalue weighted by Crippen LogP contribution is -2.32. The van der Waals surface area contributed by atoms with Gasteiger partial charge >= 0.3 is 0 Å². The molecule has 2 N–H and O–H groups in total. The molecule has 0 spiro atoms. The predicted molar refractivity (Wildman–Crippen MR) is 106 cm³/mol. The summed E-state index contributed by atoms with van der Waals surface area (Å²) in [7, 11) is 1.65. The van der Waals surface area contributed by atoms with Gasteiger partial charge < -0.3 is 25.0 Å². The van der Waals surface area contributed by atoms with Gasteiger partial charge in [0.25, 0.3) is 0 Å². The number of nitrogens with one attached hydrogen (secondary N) is 2. The average molecular weight is 351 g/mol. The topological polar surface area (TPSA) is 58.1 Å². The van der Waals surface area contributed by atoms with E-state index in [9.17, 15) is 0 Å². The van der Waals surface area contributed by atoms with E-state index in [1.54, 1.807) is 7.11 Å². The maximum absolute atomic E-state index is 5.63. The van der Waals surface area contributed by atoms with Crippen molar-refractivity contribution in [2.45, 2.75) is 34.1 Å². The summed E-state index contributed by atoms with van der Waals surface area (Å²) in [5.74, 6) is 2.24. The van der Waals surface area contributed by atoms with Crippen LogP contribution in [0, 0.1) is 0 Å². The molecule has 1 aromatic rings. The van der Waals surface area contributed by atoms with E-state index in [2.05, 4.69) is 41.3 Å². The van der Waals surface area contributed by atoms with Gasteiger partial charge in [-0.25, -0.2) is 0 Å². The number of methoxy groups -OCH3 is 1. The second-order valence-electron chi connectivity index (χ2n) is 5.62. The summed E-state index contributed by atoms with van der Waals surface area (Å²) in [5.41, 5.74) is 0.921. The predicted octanol–water partition coefficient (Wildman–Crippen LogP) is 3.20. The molecule has 0 heterocycles. The monoisotopic (exact) mass is 350 g/mol. The molecule has 0 bridgehead atoms. The van der Waals surface area contributed by atoms with Gasteiger partial charge in [0.1, 0.15) is 0 Å². The number of hydrogen-bond acceptors (Lipinski definition) is 4. The second-order valence-corrected chi connectivity index (χ2v) is 5.62. The third-order valence-electron chi connectivity index (χ3n) is 3.74. The van der Waals surface area contributed by atoms with Crippen molar-refractivity contribution in [1.82, 2.24) is 10.2 Å². The van der Waals surface area contributed by atoms with Crippen LogP contribution in [0.15, 0.2) is 23.2 Å². The molecule has 0 aliphatic carbocycles. The molecule has 0 radical (unpaired) electrons. The summed E-state index contributed by atoms with van der Waals surface area (Å²) >= 11 is 0. The van der Waals surface area contributed by atoms with E-state index in [4.69, 9.17) is 9.47 Å². The van der Waals surface area contributed by atoms with E-state index in [-0.39, 0.29) is 0 Å². The zero-order chi connectivity index (χ0) is 18.5. The molecule has 0 saturated heterocycles. The number of aliphatic imine (C=N–C) groups is 1. The van der Waals surface area contributed by atoms with Crippen molar-refractivity contribution in [1.29, 1.82) is 0 Å². The van der Waals surface area contributed by atoms with Crippen LogP contribution in [0.1, 0.15) is 34.1 Å². The van der Waals surface area contributed by atoms with E-state index in [0.717, 1.165) is 55.9 Å². The van der Waals surface area contributed by atoms with Gasteiger partial charge in [-0.2, -0.15) is 0 Å². The van der Waals surface area contributed by atoms with E-state index >= 15 is 0 Å². The van der Waals surface area contributed by atoms with Gasteiger partial charge in [0.15, 0.2) is 17.5 Å². The van der Waals surface area contributed by atoms with E-state index in [1.807, 2.05) is 25.1 Å². The molecule has 6 nitrogen and oxygen atoms in total. The zero-order valence-electron chi connectivity index (χ0n) is 16.4. The molecule has 0 aliphatic heterocycles. The minimum atomic E-state index is 0.595. The molecule has 1 aromatic carbocycles. The summed E-state index contributed by atoms with van der Waals surface area (Å²) in [6.45, 7) is 13.7. The van der Waals surface area contributed by atoms with Crippen LogP contribution in [0.4, 0.5) is 5.69 Å². The lowest BCUT2D eigenvalue weighted by Gasteiger charge is -2.19. The molecule has 0 amide bonds. The van der Waals surface area contributed by atoms with Gasteiger partial charge in [-0.1, -0.05) is 13.8 Å². The Balaban J connectivity index is 2.76. The fraction of sp³-hybridized carbons (Fsp3) is 0.632. The first-order valence-electron chi connectivity index (χ1n) is 9.26. The number of rotatable bonds is 11. The first-order valence-corrected chi connectivity index (χ1v) is 9.26. The van der Waals surface area contributed by atoms with Crippen LogP contribution >= 0.6 is 0 Å². The molecule has 0 unspecified atom stereocenters. The highest BCUT2D eigenvalue weighted by molar-refractivity contribution is 5.93. The Labute approximate surface area is 152 Å². The number of guanidine groups is 1. The van der Waals surface area contributed by atoms with Crippen molar-refractivity contribution in [2.75, 3.05) is 51.8 Å². The Bertz CT molecular complexity index is 520. The average Bonchev–Trinajstić information content (AvgIpc) is 2.61. The summed E-state index contributed by atoms with van der Waals surface area (Å²) in [5, 5.41) is 6.62. The van der Waals surface area contributed by atoms with Crippen LogP contribution in [0.3, 0.4) is 0 Å². The maximum Gasteiger partial charge on any atom is 0.195 e. The highest BCUT2D eigenvalue weighted by Crippen LogP contribution is 2.30. The SMILES string of the molecule is CCCN(CC)CCN=C(NCC)Nc1ccc(OC)c(OCC)c1. The van der Waals surface area contributed by atoms with Gasteiger partial charge in [0.2, 0.25) is 0 Å².